The molecule has 0 aliphatic heterocycles. The lowest BCUT2D eigenvalue weighted by molar-refractivity contribution is 0.00475. The average Bonchev–Trinajstić information content (AvgIpc) is 2.29. The van der Waals surface area contributed by atoms with Crippen LogP contribution in [0.4, 0.5) is 0 Å². The molecule has 0 radical (unpaired) electrons. The van der Waals surface area contributed by atoms with Gasteiger partial charge in [0.1, 0.15) is 6.10 Å². The predicted molar refractivity (Wildman–Crippen MR) is 62.5 cm³/mol. The summed E-state index contributed by atoms with van der Waals surface area (Å²) in [6.07, 6.45) is 0.588. The second-order valence-corrected chi connectivity index (χ2v) is 3.76. The molecule has 1 aromatic rings. The Bertz CT molecular complexity index is 330. The topological polar surface area (TPSA) is 35.5 Å². The van der Waals surface area contributed by atoms with Crippen LogP contribution in [-0.4, -0.2) is 25.8 Å². The Morgan fingerprint density at radius 1 is 1.31 bits per heavy atom. The van der Waals surface area contributed by atoms with E-state index in [0.29, 0.717) is 12.2 Å². The van der Waals surface area contributed by atoms with Gasteiger partial charge in [0, 0.05) is 7.11 Å². The molecule has 0 saturated carbocycles. The van der Waals surface area contributed by atoms with Gasteiger partial charge in [-0.3, -0.25) is 0 Å². The van der Waals surface area contributed by atoms with E-state index >= 15 is 0 Å². The lowest BCUT2D eigenvalue weighted by Crippen LogP contribution is -2.22. The van der Waals surface area contributed by atoms with E-state index in [-0.39, 0.29) is 12.1 Å². The van der Waals surface area contributed by atoms with Gasteiger partial charge in [-0.15, -0.1) is 0 Å². The fraction of sp³-hybridized carbons (Fsp3) is 0.462. The van der Waals surface area contributed by atoms with Crippen molar-refractivity contribution in [1.29, 1.82) is 0 Å². The van der Waals surface area contributed by atoms with Crippen LogP contribution in [0.5, 0.6) is 0 Å². The van der Waals surface area contributed by atoms with Crippen LogP contribution in [0.1, 0.15) is 29.3 Å². The Morgan fingerprint density at radius 2 is 1.94 bits per heavy atom. The predicted octanol–water partition coefficient (Wildman–Crippen LogP) is 2.58. The van der Waals surface area contributed by atoms with Crippen LogP contribution in [0.15, 0.2) is 24.3 Å². The van der Waals surface area contributed by atoms with Crippen LogP contribution in [-0.2, 0) is 9.47 Å². The fourth-order valence-electron chi connectivity index (χ4n) is 1.33. The maximum absolute atomic E-state index is 11.7. The van der Waals surface area contributed by atoms with Crippen molar-refractivity contribution >= 4 is 5.97 Å². The second kappa shape index (κ2) is 6.28. The second-order valence-electron chi connectivity index (χ2n) is 3.76. The maximum Gasteiger partial charge on any atom is 0.338 e. The van der Waals surface area contributed by atoms with Crippen LogP contribution >= 0.6 is 0 Å². The zero-order valence-corrected chi connectivity index (χ0v) is 10.0. The minimum Gasteiger partial charge on any atom is -0.456 e. The summed E-state index contributed by atoms with van der Waals surface area (Å²) in [5.41, 5.74) is 1.71. The molecule has 1 aromatic carbocycles. The molecule has 0 bridgehead atoms. The van der Waals surface area contributed by atoms with Crippen molar-refractivity contribution in [2.24, 2.45) is 0 Å². The van der Waals surface area contributed by atoms with Gasteiger partial charge in [0.05, 0.1) is 12.2 Å². The molecule has 0 aliphatic rings. The summed E-state index contributed by atoms with van der Waals surface area (Å²) in [7, 11) is 1.60. The van der Waals surface area contributed by atoms with Crippen molar-refractivity contribution in [3.8, 4) is 0 Å². The highest BCUT2D eigenvalue weighted by Gasteiger charge is 2.13. The molecule has 88 valence electrons. The van der Waals surface area contributed by atoms with Crippen molar-refractivity contribution in [1.82, 2.24) is 0 Å². The van der Waals surface area contributed by atoms with Crippen molar-refractivity contribution < 1.29 is 14.3 Å². The Hall–Kier alpha value is -1.35. The quantitative estimate of drug-likeness (QED) is 0.718. The number of rotatable bonds is 5. The molecule has 0 aliphatic carbocycles. The summed E-state index contributed by atoms with van der Waals surface area (Å²) in [6.45, 7) is 4.38. The highest BCUT2D eigenvalue weighted by atomic mass is 16.6. The molecule has 0 heterocycles. The van der Waals surface area contributed by atoms with Crippen LogP contribution in [0.3, 0.4) is 0 Å². The summed E-state index contributed by atoms with van der Waals surface area (Å²) in [6, 6.07) is 7.34. The molecule has 3 heteroatoms. The minimum absolute atomic E-state index is 0.168. The Labute approximate surface area is 96.4 Å². The van der Waals surface area contributed by atoms with Crippen molar-refractivity contribution in [2.45, 2.75) is 26.4 Å². The van der Waals surface area contributed by atoms with Gasteiger partial charge in [-0.1, -0.05) is 24.6 Å². The van der Waals surface area contributed by atoms with Crippen LogP contribution < -0.4 is 0 Å². The normalized spacial score (nSPS) is 12.2. The summed E-state index contributed by atoms with van der Waals surface area (Å²) in [5, 5.41) is 0. The number of hydrogen-bond acceptors (Lipinski definition) is 3. The van der Waals surface area contributed by atoms with E-state index in [1.54, 1.807) is 19.2 Å². The van der Waals surface area contributed by atoms with Gasteiger partial charge in [0.2, 0.25) is 0 Å². The van der Waals surface area contributed by atoms with E-state index in [2.05, 4.69) is 0 Å². The van der Waals surface area contributed by atoms with Gasteiger partial charge in [-0.2, -0.15) is 0 Å². The number of carbonyl (C=O) groups is 1. The number of benzene rings is 1. The van der Waals surface area contributed by atoms with E-state index in [0.717, 1.165) is 12.0 Å². The summed E-state index contributed by atoms with van der Waals surface area (Å²) in [5.74, 6) is -0.288. The largest absolute Gasteiger partial charge is 0.456 e. The van der Waals surface area contributed by atoms with E-state index in [4.69, 9.17) is 9.47 Å². The van der Waals surface area contributed by atoms with Gasteiger partial charge in [0.15, 0.2) is 0 Å². The van der Waals surface area contributed by atoms with E-state index < -0.39 is 0 Å². The zero-order chi connectivity index (χ0) is 12.0. The molecule has 1 rings (SSSR count). The van der Waals surface area contributed by atoms with Crippen molar-refractivity contribution in [3.63, 3.8) is 0 Å². The number of esters is 1. The third-order valence-electron chi connectivity index (χ3n) is 2.37. The molecule has 16 heavy (non-hydrogen) atoms. The monoisotopic (exact) mass is 222 g/mol. The smallest absolute Gasteiger partial charge is 0.338 e. The molecule has 0 spiro atoms. The van der Waals surface area contributed by atoms with E-state index in [1.807, 2.05) is 26.0 Å². The van der Waals surface area contributed by atoms with Gasteiger partial charge >= 0.3 is 5.97 Å². The number of ether oxygens (including phenoxy) is 2. The molecule has 0 fully saturated rings. The minimum atomic E-state index is -0.288. The molecule has 0 saturated heterocycles. The number of methoxy groups -OCH3 is 1. The molecule has 0 aromatic heterocycles. The van der Waals surface area contributed by atoms with Crippen molar-refractivity contribution in [2.75, 3.05) is 13.7 Å². The third-order valence-corrected chi connectivity index (χ3v) is 2.37. The Morgan fingerprint density at radius 3 is 2.44 bits per heavy atom. The maximum atomic E-state index is 11.7. The first-order chi connectivity index (χ1) is 7.67. The summed E-state index contributed by atoms with van der Waals surface area (Å²) < 4.78 is 10.3. The highest BCUT2D eigenvalue weighted by molar-refractivity contribution is 5.89. The van der Waals surface area contributed by atoms with Gasteiger partial charge in [-0.25, -0.2) is 4.79 Å². The number of carbonyl (C=O) groups excluding carboxylic acids is 1. The average molecular weight is 222 g/mol. The molecular weight excluding hydrogens is 204 g/mol. The van der Waals surface area contributed by atoms with E-state index in [1.165, 1.54) is 0 Å². The summed E-state index contributed by atoms with van der Waals surface area (Å²) in [4.78, 5) is 11.7. The van der Waals surface area contributed by atoms with Gasteiger partial charge in [-0.05, 0) is 25.5 Å². The lowest BCUT2D eigenvalue weighted by Gasteiger charge is -2.15. The molecule has 1 atom stereocenters. The standard InChI is InChI=1S/C13H18O3/c1-4-12(9-15-3)16-13(14)11-7-5-10(2)6-8-11/h5-8,12H,4,9H2,1-3H3. The first-order valence-electron chi connectivity index (χ1n) is 5.44. The molecule has 0 amide bonds. The van der Waals surface area contributed by atoms with Crippen LogP contribution in [0.25, 0.3) is 0 Å². The Kier molecular flexibility index (Phi) is 4.99. The first-order valence-corrected chi connectivity index (χ1v) is 5.44. The fourth-order valence-corrected chi connectivity index (χ4v) is 1.33. The van der Waals surface area contributed by atoms with Crippen LogP contribution in [0.2, 0.25) is 0 Å². The molecule has 0 N–H and O–H groups in total. The third kappa shape index (κ3) is 3.66. The highest BCUT2D eigenvalue weighted by Crippen LogP contribution is 2.08. The van der Waals surface area contributed by atoms with Crippen LogP contribution in [0, 0.1) is 6.92 Å². The first kappa shape index (κ1) is 12.7. The van der Waals surface area contributed by atoms with Gasteiger partial charge in [0.25, 0.3) is 0 Å². The number of hydrogen-bond donors (Lipinski definition) is 0. The summed E-state index contributed by atoms with van der Waals surface area (Å²) >= 11 is 0. The Balaban J connectivity index is 2.60. The molecule has 1 unspecified atom stereocenters. The van der Waals surface area contributed by atoms with E-state index in [9.17, 15) is 4.79 Å². The number of aryl methyl sites for hydroxylation is 1. The molecular formula is C13H18O3. The SMILES string of the molecule is CCC(COC)OC(=O)c1ccc(C)cc1. The molecule has 3 nitrogen and oxygen atoms in total. The zero-order valence-electron chi connectivity index (χ0n) is 10.0. The lowest BCUT2D eigenvalue weighted by atomic mass is 10.1. The van der Waals surface area contributed by atoms with Gasteiger partial charge < -0.3 is 9.47 Å². The van der Waals surface area contributed by atoms with Crippen molar-refractivity contribution in [3.05, 3.63) is 35.4 Å².